The van der Waals surface area contributed by atoms with Crippen molar-refractivity contribution in [1.29, 1.82) is 0 Å². The molecule has 0 aliphatic heterocycles. The van der Waals surface area contributed by atoms with Gasteiger partial charge in [0, 0.05) is 38.4 Å². The fourth-order valence-corrected chi connectivity index (χ4v) is 2.15. The summed E-state index contributed by atoms with van der Waals surface area (Å²) in [5, 5.41) is 6.61. The lowest BCUT2D eigenvalue weighted by Gasteiger charge is -2.11. The number of hydrogen-bond acceptors (Lipinski definition) is 2. The molecule has 0 aliphatic rings. The zero-order valence-electron chi connectivity index (χ0n) is 14.4. The fraction of sp³-hybridized carbons (Fsp3) is 0.647. The van der Waals surface area contributed by atoms with Gasteiger partial charge < -0.3 is 15.2 Å². The van der Waals surface area contributed by atoms with E-state index in [1.807, 2.05) is 12.3 Å². The molecule has 0 saturated carbocycles. The Hall–Kier alpha value is -1.05. The van der Waals surface area contributed by atoms with Gasteiger partial charge in [-0.2, -0.15) is 0 Å². The zero-order valence-corrected chi connectivity index (χ0v) is 16.7. The number of pyridine rings is 1. The van der Waals surface area contributed by atoms with Crippen molar-refractivity contribution in [2.24, 2.45) is 4.99 Å². The molecule has 0 saturated heterocycles. The Balaban J connectivity index is 0.00000484. The SMILES string of the molecule is CCCCCN=C(NCC)NCCCCn1ccccc1=O.I. The van der Waals surface area contributed by atoms with Crippen LogP contribution in [-0.4, -0.2) is 30.2 Å². The van der Waals surface area contributed by atoms with E-state index < -0.39 is 0 Å². The molecule has 0 unspecified atom stereocenters. The zero-order chi connectivity index (χ0) is 16.0. The largest absolute Gasteiger partial charge is 0.357 e. The van der Waals surface area contributed by atoms with Gasteiger partial charge in [0.1, 0.15) is 0 Å². The summed E-state index contributed by atoms with van der Waals surface area (Å²) in [5.74, 6) is 0.899. The highest BCUT2D eigenvalue weighted by Gasteiger charge is 1.97. The van der Waals surface area contributed by atoms with Crippen molar-refractivity contribution in [3.63, 3.8) is 0 Å². The molecule has 5 nitrogen and oxygen atoms in total. The summed E-state index contributed by atoms with van der Waals surface area (Å²) < 4.78 is 1.75. The molecule has 0 spiro atoms. The quantitative estimate of drug-likeness (QED) is 0.258. The lowest BCUT2D eigenvalue weighted by Crippen LogP contribution is -2.38. The van der Waals surface area contributed by atoms with E-state index in [1.54, 1.807) is 16.7 Å². The predicted octanol–water partition coefficient (Wildman–Crippen LogP) is 2.99. The first-order valence-corrected chi connectivity index (χ1v) is 8.45. The minimum atomic E-state index is 0. The van der Waals surface area contributed by atoms with Crippen molar-refractivity contribution in [3.05, 3.63) is 34.7 Å². The molecule has 1 aromatic heterocycles. The number of aryl methyl sites for hydroxylation is 1. The molecule has 23 heavy (non-hydrogen) atoms. The van der Waals surface area contributed by atoms with Gasteiger partial charge in [0.15, 0.2) is 5.96 Å². The Kier molecular flexibility index (Phi) is 13.9. The third-order valence-corrected chi connectivity index (χ3v) is 3.39. The van der Waals surface area contributed by atoms with Gasteiger partial charge in [-0.1, -0.05) is 25.8 Å². The maximum Gasteiger partial charge on any atom is 0.250 e. The average Bonchev–Trinajstić information content (AvgIpc) is 2.52. The van der Waals surface area contributed by atoms with Crippen molar-refractivity contribution in [3.8, 4) is 0 Å². The number of nitrogens with zero attached hydrogens (tertiary/aromatic N) is 2. The number of aromatic nitrogens is 1. The summed E-state index contributed by atoms with van der Waals surface area (Å²) >= 11 is 0. The van der Waals surface area contributed by atoms with E-state index >= 15 is 0 Å². The second-order valence-electron chi connectivity index (χ2n) is 5.33. The van der Waals surface area contributed by atoms with E-state index in [4.69, 9.17) is 0 Å². The maximum atomic E-state index is 11.6. The molecular weight excluding hydrogens is 403 g/mol. The smallest absolute Gasteiger partial charge is 0.250 e. The highest BCUT2D eigenvalue weighted by Crippen LogP contribution is 1.94. The molecule has 6 heteroatoms. The predicted molar refractivity (Wildman–Crippen MR) is 109 cm³/mol. The first kappa shape index (κ1) is 21.9. The van der Waals surface area contributed by atoms with Gasteiger partial charge in [-0.05, 0) is 32.3 Å². The summed E-state index contributed by atoms with van der Waals surface area (Å²) in [6.07, 6.45) is 7.43. The van der Waals surface area contributed by atoms with Gasteiger partial charge in [-0.15, -0.1) is 24.0 Å². The van der Waals surface area contributed by atoms with Gasteiger partial charge in [0.2, 0.25) is 5.56 Å². The Morgan fingerprint density at radius 2 is 1.96 bits per heavy atom. The van der Waals surface area contributed by atoms with Gasteiger partial charge in [0.25, 0.3) is 0 Å². The van der Waals surface area contributed by atoms with Gasteiger partial charge in [-0.25, -0.2) is 0 Å². The lowest BCUT2D eigenvalue weighted by molar-refractivity contribution is 0.585. The molecule has 0 atom stereocenters. The minimum Gasteiger partial charge on any atom is -0.357 e. The van der Waals surface area contributed by atoms with E-state index in [1.165, 1.54) is 12.8 Å². The van der Waals surface area contributed by atoms with Crippen molar-refractivity contribution in [2.45, 2.75) is 52.5 Å². The first-order valence-electron chi connectivity index (χ1n) is 8.45. The highest BCUT2D eigenvalue weighted by atomic mass is 127. The number of aliphatic imine (C=N–C) groups is 1. The van der Waals surface area contributed by atoms with Crippen LogP contribution < -0.4 is 16.2 Å². The number of nitrogens with one attached hydrogen (secondary N) is 2. The summed E-state index contributed by atoms with van der Waals surface area (Å²) in [6, 6.07) is 5.27. The molecule has 0 aromatic carbocycles. The minimum absolute atomic E-state index is 0. The molecule has 0 fully saturated rings. The molecule has 0 bridgehead atoms. The molecule has 1 aromatic rings. The Labute approximate surface area is 157 Å². The standard InChI is InChI=1S/C17H30N4O.HI/c1-3-5-7-12-19-17(18-4-2)20-13-8-10-15-21-14-9-6-11-16(21)22;/h6,9,11,14H,3-5,7-8,10,12-13,15H2,1-2H3,(H2,18,19,20);1H. The van der Waals surface area contributed by atoms with Crippen LogP contribution in [0.25, 0.3) is 0 Å². The third kappa shape index (κ3) is 10.4. The summed E-state index contributed by atoms with van der Waals surface area (Å²) in [7, 11) is 0. The average molecular weight is 434 g/mol. The van der Waals surface area contributed by atoms with Crippen LogP contribution in [-0.2, 0) is 6.54 Å². The van der Waals surface area contributed by atoms with Crippen LogP contribution >= 0.6 is 24.0 Å². The molecule has 0 aliphatic carbocycles. The van der Waals surface area contributed by atoms with Crippen molar-refractivity contribution >= 4 is 29.9 Å². The van der Waals surface area contributed by atoms with E-state index in [0.29, 0.717) is 0 Å². The molecule has 1 rings (SSSR count). The Morgan fingerprint density at radius 3 is 2.65 bits per heavy atom. The maximum absolute atomic E-state index is 11.6. The number of guanidine groups is 1. The van der Waals surface area contributed by atoms with E-state index in [9.17, 15) is 4.79 Å². The number of rotatable bonds is 10. The first-order chi connectivity index (χ1) is 10.8. The molecule has 1 heterocycles. The van der Waals surface area contributed by atoms with Crippen LogP contribution in [0, 0.1) is 0 Å². The van der Waals surface area contributed by atoms with E-state index in [0.717, 1.165) is 51.4 Å². The fourth-order valence-electron chi connectivity index (χ4n) is 2.15. The molecular formula is C17H31IN4O. The summed E-state index contributed by atoms with van der Waals surface area (Å²) in [6.45, 7) is 7.67. The van der Waals surface area contributed by atoms with Gasteiger partial charge in [0.05, 0.1) is 0 Å². The Morgan fingerprint density at radius 1 is 1.13 bits per heavy atom. The summed E-state index contributed by atoms with van der Waals surface area (Å²) in [4.78, 5) is 16.1. The van der Waals surface area contributed by atoms with Crippen LogP contribution in [0.1, 0.15) is 46.0 Å². The third-order valence-electron chi connectivity index (χ3n) is 3.39. The van der Waals surface area contributed by atoms with Crippen molar-refractivity contribution < 1.29 is 0 Å². The number of hydrogen-bond donors (Lipinski definition) is 2. The second-order valence-corrected chi connectivity index (χ2v) is 5.33. The topological polar surface area (TPSA) is 58.4 Å². The van der Waals surface area contributed by atoms with Crippen LogP contribution in [0.5, 0.6) is 0 Å². The normalized spacial score (nSPS) is 11.0. The van der Waals surface area contributed by atoms with Crippen molar-refractivity contribution in [1.82, 2.24) is 15.2 Å². The van der Waals surface area contributed by atoms with Crippen LogP contribution in [0.4, 0.5) is 0 Å². The molecule has 0 radical (unpaired) electrons. The molecule has 0 amide bonds. The van der Waals surface area contributed by atoms with E-state index in [2.05, 4.69) is 29.5 Å². The second kappa shape index (κ2) is 14.5. The van der Waals surface area contributed by atoms with Crippen LogP contribution in [0.3, 0.4) is 0 Å². The van der Waals surface area contributed by atoms with Crippen LogP contribution in [0.2, 0.25) is 0 Å². The lowest BCUT2D eigenvalue weighted by atomic mass is 10.2. The highest BCUT2D eigenvalue weighted by molar-refractivity contribution is 14.0. The van der Waals surface area contributed by atoms with Crippen molar-refractivity contribution in [2.75, 3.05) is 19.6 Å². The van der Waals surface area contributed by atoms with E-state index in [-0.39, 0.29) is 29.5 Å². The van der Waals surface area contributed by atoms with Crippen LogP contribution in [0.15, 0.2) is 34.2 Å². The number of unbranched alkanes of at least 4 members (excludes halogenated alkanes) is 3. The van der Waals surface area contributed by atoms with Gasteiger partial charge >= 0.3 is 0 Å². The Bertz CT molecular complexity index is 487. The number of halogens is 1. The monoisotopic (exact) mass is 434 g/mol. The van der Waals surface area contributed by atoms with Gasteiger partial charge in [-0.3, -0.25) is 9.79 Å². The molecule has 132 valence electrons. The molecule has 2 N–H and O–H groups in total. The summed E-state index contributed by atoms with van der Waals surface area (Å²) in [5.41, 5.74) is 0.0706.